The molecule has 0 radical (unpaired) electrons. The lowest BCUT2D eigenvalue weighted by Crippen LogP contribution is -2.18. The third-order valence-electron chi connectivity index (χ3n) is 5.17. The Labute approximate surface area is 190 Å². The Balaban J connectivity index is 1.41. The molecule has 0 unspecified atom stereocenters. The largest absolute Gasteiger partial charge is 0.493 e. The molecule has 0 fully saturated rings. The molecule has 3 aromatic carbocycles. The molecule has 5 nitrogen and oxygen atoms in total. The van der Waals surface area contributed by atoms with Gasteiger partial charge in [0.15, 0.2) is 11.5 Å². The molecule has 0 aliphatic rings. The predicted octanol–water partition coefficient (Wildman–Crippen LogP) is 5.55. The highest BCUT2D eigenvalue weighted by Crippen LogP contribution is 2.36. The van der Waals surface area contributed by atoms with Crippen molar-refractivity contribution in [2.75, 3.05) is 13.7 Å². The lowest BCUT2D eigenvalue weighted by atomic mass is 10.1. The van der Waals surface area contributed by atoms with Gasteiger partial charge in [-0.15, -0.1) is 0 Å². The molecular weight excluding hydrogens is 454 g/mol. The van der Waals surface area contributed by atoms with E-state index in [0.717, 1.165) is 56.9 Å². The summed E-state index contributed by atoms with van der Waals surface area (Å²) in [6, 6.07) is 20.4. The average Bonchev–Trinajstić information content (AvgIpc) is 3.20. The molecular formula is C25H26BrN3O2. The van der Waals surface area contributed by atoms with Crippen molar-refractivity contribution in [3.05, 3.63) is 87.7 Å². The van der Waals surface area contributed by atoms with E-state index in [4.69, 9.17) is 9.47 Å². The summed E-state index contributed by atoms with van der Waals surface area (Å²) in [5.41, 5.74) is 5.46. The number of aromatic nitrogens is 2. The number of benzene rings is 3. The molecule has 31 heavy (non-hydrogen) atoms. The SMILES string of the molecule is COc1ccc(Br)c(CNCCc2nc3ccccc3[nH]2)c1OCc1ccc(C)cc1. The van der Waals surface area contributed by atoms with E-state index in [1.807, 2.05) is 36.4 Å². The van der Waals surface area contributed by atoms with Gasteiger partial charge < -0.3 is 19.8 Å². The van der Waals surface area contributed by atoms with E-state index < -0.39 is 0 Å². The number of hydrogen-bond acceptors (Lipinski definition) is 4. The number of hydrogen-bond donors (Lipinski definition) is 2. The quantitative estimate of drug-likeness (QED) is 0.308. The van der Waals surface area contributed by atoms with Crippen molar-refractivity contribution in [3.63, 3.8) is 0 Å². The van der Waals surface area contributed by atoms with Crippen LogP contribution in [0, 0.1) is 6.92 Å². The average molecular weight is 480 g/mol. The third kappa shape index (κ3) is 5.27. The van der Waals surface area contributed by atoms with Crippen LogP contribution in [0.3, 0.4) is 0 Å². The molecule has 4 aromatic rings. The molecule has 0 saturated carbocycles. The Morgan fingerprint density at radius 3 is 2.61 bits per heavy atom. The molecule has 160 valence electrons. The molecule has 0 atom stereocenters. The molecule has 6 heteroatoms. The first-order valence-electron chi connectivity index (χ1n) is 10.3. The lowest BCUT2D eigenvalue weighted by molar-refractivity contribution is 0.280. The van der Waals surface area contributed by atoms with Crippen molar-refractivity contribution in [2.24, 2.45) is 0 Å². The molecule has 4 rings (SSSR count). The highest BCUT2D eigenvalue weighted by molar-refractivity contribution is 9.10. The standard InChI is InChI=1S/C25H26BrN3O2/c1-17-7-9-18(10-8-17)16-31-25-19(20(26)11-12-23(25)30-2)15-27-14-13-24-28-21-5-3-4-6-22(21)29-24/h3-12,27H,13-16H2,1-2H3,(H,28,29). The molecule has 0 amide bonds. The summed E-state index contributed by atoms with van der Waals surface area (Å²) in [7, 11) is 1.67. The van der Waals surface area contributed by atoms with Gasteiger partial charge in [0.1, 0.15) is 12.4 Å². The van der Waals surface area contributed by atoms with Crippen LogP contribution in [0.2, 0.25) is 0 Å². The Kier molecular flexibility index (Phi) is 6.89. The molecule has 1 heterocycles. The second kappa shape index (κ2) is 9.98. The number of H-pyrrole nitrogens is 1. The predicted molar refractivity (Wildman–Crippen MR) is 128 cm³/mol. The van der Waals surface area contributed by atoms with Crippen LogP contribution in [0.4, 0.5) is 0 Å². The van der Waals surface area contributed by atoms with Crippen LogP contribution in [0.5, 0.6) is 11.5 Å². The van der Waals surface area contributed by atoms with Crippen molar-refractivity contribution in [3.8, 4) is 11.5 Å². The normalized spacial score (nSPS) is 11.1. The number of rotatable bonds is 9. The van der Waals surface area contributed by atoms with Gasteiger partial charge in [-0.2, -0.15) is 0 Å². The number of fused-ring (bicyclic) bond motifs is 1. The summed E-state index contributed by atoms with van der Waals surface area (Å²) in [5, 5.41) is 3.51. The number of aromatic amines is 1. The number of para-hydroxylation sites is 2. The van der Waals surface area contributed by atoms with Crippen molar-refractivity contribution >= 4 is 27.0 Å². The number of nitrogens with zero attached hydrogens (tertiary/aromatic N) is 1. The van der Waals surface area contributed by atoms with Gasteiger partial charge in [-0.05, 0) is 36.8 Å². The third-order valence-corrected chi connectivity index (χ3v) is 5.91. The summed E-state index contributed by atoms with van der Waals surface area (Å²) in [6.45, 7) is 4.01. The zero-order chi connectivity index (χ0) is 21.6. The van der Waals surface area contributed by atoms with Crippen LogP contribution in [-0.2, 0) is 19.6 Å². The van der Waals surface area contributed by atoms with Crippen molar-refractivity contribution in [1.29, 1.82) is 0 Å². The fourth-order valence-corrected chi connectivity index (χ4v) is 3.90. The molecule has 2 N–H and O–H groups in total. The van der Waals surface area contributed by atoms with Gasteiger partial charge in [0.05, 0.1) is 18.1 Å². The maximum Gasteiger partial charge on any atom is 0.167 e. The van der Waals surface area contributed by atoms with E-state index >= 15 is 0 Å². The second-order valence-electron chi connectivity index (χ2n) is 7.46. The first kappa shape index (κ1) is 21.4. The first-order valence-corrected chi connectivity index (χ1v) is 11.1. The smallest absolute Gasteiger partial charge is 0.167 e. The summed E-state index contributed by atoms with van der Waals surface area (Å²) >= 11 is 3.67. The van der Waals surface area contributed by atoms with E-state index in [-0.39, 0.29) is 0 Å². The minimum absolute atomic E-state index is 0.485. The molecule has 1 aromatic heterocycles. The number of methoxy groups -OCH3 is 1. The van der Waals surface area contributed by atoms with E-state index in [1.54, 1.807) is 7.11 Å². The number of ether oxygens (including phenoxy) is 2. The highest BCUT2D eigenvalue weighted by Gasteiger charge is 2.15. The monoisotopic (exact) mass is 479 g/mol. The van der Waals surface area contributed by atoms with Crippen molar-refractivity contribution < 1.29 is 9.47 Å². The van der Waals surface area contributed by atoms with E-state index in [2.05, 4.69) is 62.4 Å². The van der Waals surface area contributed by atoms with Gasteiger partial charge in [-0.25, -0.2) is 4.98 Å². The van der Waals surface area contributed by atoms with E-state index in [9.17, 15) is 0 Å². The van der Waals surface area contributed by atoms with Gasteiger partial charge in [0.2, 0.25) is 0 Å². The number of imidazole rings is 1. The molecule has 0 aliphatic heterocycles. The molecule has 0 spiro atoms. The highest BCUT2D eigenvalue weighted by atomic mass is 79.9. The Morgan fingerprint density at radius 2 is 1.84 bits per heavy atom. The zero-order valence-electron chi connectivity index (χ0n) is 17.7. The minimum atomic E-state index is 0.485. The van der Waals surface area contributed by atoms with Crippen LogP contribution >= 0.6 is 15.9 Å². The van der Waals surface area contributed by atoms with Crippen LogP contribution in [0.25, 0.3) is 11.0 Å². The van der Waals surface area contributed by atoms with E-state index in [1.165, 1.54) is 5.56 Å². The van der Waals surface area contributed by atoms with Gasteiger partial charge in [-0.3, -0.25) is 0 Å². The summed E-state index contributed by atoms with van der Waals surface area (Å²) < 4.78 is 12.8. The first-order chi connectivity index (χ1) is 15.1. The Hall–Kier alpha value is -2.83. The molecule has 0 saturated heterocycles. The Bertz CT molecular complexity index is 1120. The van der Waals surface area contributed by atoms with Crippen LogP contribution in [0.1, 0.15) is 22.5 Å². The summed E-state index contributed by atoms with van der Waals surface area (Å²) in [5.74, 6) is 2.47. The van der Waals surface area contributed by atoms with Gasteiger partial charge >= 0.3 is 0 Å². The zero-order valence-corrected chi connectivity index (χ0v) is 19.3. The molecule has 0 aliphatic carbocycles. The van der Waals surface area contributed by atoms with Crippen molar-refractivity contribution in [1.82, 2.24) is 15.3 Å². The van der Waals surface area contributed by atoms with Gasteiger partial charge in [0, 0.05) is 29.5 Å². The lowest BCUT2D eigenvalue weighted by Gasteiger charge is -2.17. The number of aryl methyl sites for hydroxylation is 1. The number of nitrogens with one attached hydrogen (secondary N) is 2. The number of halogens is 1. The van der Waals surface area contributed by atoms with Crippen molar-refractivity contribution in [2.45, 2.75) is 26.5 Å². The maximum absolute atomic E-state index is 6.21. The van der Waals surface area contributed by atoms with E-state index in [0.29, 0.717) is 13.2 Å². The second-order valence-corrected chi connectivity index (χ2v) is 8.31. The van der Waals surface area contributed by atoms with Gasteiger partial charge in [-0.1, -0.05) is 57.9 Å². The maximum atomic E-state index is 6.21. The Morgan fingerprint density at radius 1 is 1.03 bits per heavy atom. The minimum Gasteiger partial charge on any atom is -0.493 e. The van der Waals surface area contributed by atoms with Crippen LogP contribution in [0.15, 0.2) is 65.1 Å². The topological polar surface area (TPSA) is 59.2 Å². The van der Waals surface area contributed by atoms with Crippen LogP contribution < -0.4 is 14.8 Å². The van der Waals surface area contributed by atoms with Crippen LogP contribution in [-0.4, -0.2) is 23.6 Å². The summed E-state index contributed by atoms with van der Waals surface area (Å²) in [6.07, 6.45) is 0.815. The fraction of sp³-hybridized carbons (Fsp3) is 0.240. The molecule has 0 bridgehead atoms. The summed E-state index contributed by atoms with van der Waals surface area (Å²) in [4.78, 5) is 8.01. The van der Waals surface area contributed by atoms with Gasteiger partial charge in [0.25, 0.3) is 0 Å². The fourth-order valence-electron chi connectivity index (χ4n) is 3.45.